The molecule has 1 rings (SSSR count). The van der Waals surface area contributed by atoms with E-state index < -0.39 is 0 Å². The molecule has 1 aromatic rings. The van der Waals surface area contributed by atoms with Gasteiger partial charge in [-0.25, -0.2) is 0 Å². The van der Waals surface area contributed by atoms with Gasteiger partial charge in [0.2, 0.25) is 0 Å². The standard InChI is InChI=1S/C17H26O/c1-3-5-6-7-8-9-14-17(18)16-13-11-10-12-15(16)4-2/h10-13H,3-9,14H2,1-2H3. The summed E-state index contributed by atoms with van der Waals surface area (Å²) in [5, 5.41) is 0. The molecular weight excluding hydrogens is 220 g/mol. The molecule has 1 nitrogen and oxygen atoms in total. The predicted octanol–water partition coefficient (Wildman–Crippen LogP) is 5.18. The Balaban J connectivity index is 2.32. The third kappa shape index (κ3) is 5.03. The van der Waals surface area contributed by atoms with Gasteiger partial charge in [-0.15, -0.1) is 0 Å². The molecule has 0 radical (unpaired) electrons. The van der Waals surface area contributed by atoms with Crippen LogP contribution in [0.3, 0.4) is 0 Å². The summed E-state index contributed by atoms with van der Waals surface area (Å²) in [4.78, 5) is 12.1. The zero-order valence-corrected chi connectivity index (χ0v) is 11.9. The lowest BCUT2D eigenvalue weighted by atomic mass is 9.98. The van der Waals surface area contributed by atoms with Gasteiger partial charge in [-0.2, -0.15) is 0 Å². The van der Waals surface area contributed by atoms with Crippen LogP contribution in [-0.4, -0.2) is 5.78 Å². The molecule has 0 aliphatic rings. The van der Waals surface area contributed by atoms with Crippen LogP contribution in [0.5, 0.6) is 0 Å². The number of carbonyl (C=O) groups excluding carboxylic acids is 1. The first kappa shape index (κ1) is 14.9. The lowest BCUT2D eigenvalue weighted by molar-refractivity contribution is 0.0978. The number of ketones is 1. The van der Waals surface area contributed by atoms with Crippen molar-refractivity contribution in [3.8, 4) is 0 Å². The first-order valence-electron chi connectivity index (χ1n) is 7.40. The molecule has 0 saturated heterocycles. The van der Waals surface area contributed by atoms with E-state index in [1.165, 1.54) is 37.7 Å². The van der Waals surface area contributed by atoms with E-state index in [2.05, 4.69) is 19.9 Å². The number of unbranched alkanes of at least 4 members (excludes halogenated alkanes) is 5. The van der Waals surface area contributed by atoms with E-state index in [-0.39, 0.29) is 0 Å². The van der Waals surface area contributed by atoms with Crippen molar-refractivity contribution in [2.75, 3.05) is 0 Å². The molecule has 0 atom stereocenters. The average molecular weight is 246 g/mol. The highest BCUT2D eigenvalue weighted by Crippen LogP contribution is 2.15. The van der Waals surface area contributed by atoms with Crippen LogP contribution in [0.4, 0.5) is 0 Å². The summed E-state index contributed by atoms with van der Waals surface area (Å²) in [6.07, 6.45) is 9.09. The highest BCUT2D eigenvalue weighted by atomic mass is 16.1. The van der Waals surface area contributed by atoms with Gasteiger partial charge in [0.25, 0.3) is 0 Å². The van der Waals surface area contributed by atoms with Crippen LogP contribution >= 0.6 is 0 Å². The Morgan fingerprint density at radius 2 is 1.61 bits per heavy atom. The largest absolute Gasteiger partial charge is 0.294 e. The van der Waals surface area contributed by atoms with Crippen molar-refractivity contribution in [2.45, 2.75) is 65.2 Å². The van der Waals surface area contributed by atoms with Crippen LogP contribution in [-0.2, 0) is 6.42 Å². The van der Waals surface area contributed by atoms with Crippen molar-refractivity contribution in [3.63, 3.8) is 0 Å². The second-order valence-corrected chi connectivity index (χ2v) is 4.95. The Bertz CT molecular complexity index is 354. The van der Waals surface area contributed by atoms with E-state index in [9.17, 15) is 4.79 Å². The Labute approximate surface area is 112 Å². The number of benzene rings is 1. The Morgan fingerprint density at radius 3 is 2.33 bits per heavy atom. The number of hydrogen-bond acceptors (Lipinski definition) is 1. The number of aryl methyl sites for hydroxylation is 1. The van der Waals surface area contributed by atoms with Crippen LogP contribution in [0.25, 0.3) is 0 Å². The molecule has 0 bridgehead atoms. The van der Waals surface area contributed by atoms with E-state index in [1.807, 2.05) is 18.2 Å². The van der Waals surface area contributed by atoms with E-state index in [0.29, 0.717) is 12.2 Å². The maximum atomic E-state index is 12.1. The molecule has 0 aromatic heterocycles. The average Bonchev–Trinajstić information content (AvgIpc) is 2.42. The van der Waals surface area contributed by atoms with E-state index in [1.54, 1.807) is 0 Å². The van der Waals surface area contributed by atoms with Gasteiger partial charge >= 0.3 is 0 Å². The van der Waals surface area contributed by atoms with Crippen molar-refractivity contribution < 1.29 is 4.79 Å². The minimum absolute atomic E-state index is 0.322. The maximum Gasteiger partial charge on any atom is 0.163 e. The summed E-state index contributed by atoms with van der Waals surface area (Å²) in [7, 11) is 0. The first-order chi connectivity index (χ1) is 8.79. The summed E-state index contributed by atoms with van der Waals surface area (Å²) < 4.78 is 0. The molecule has 0 spiro atoms. The molecule has 0 amide bonds. The highest BCUT2D eigenvalue weighted by Gasteiger charge is 2.08. The molecule has 0 fully saturated rings. The third-order valence-electron chi connectivity index (χ3n) is 3.46. The smallest absolute Gasteiger partial charge is 0.163 e. The van der Waals surface area contributed by atoms with Gasteiger partial charge in [-0.1, -0.05) is 70.2 Å². The quantitative estimate of drug-likeness (QED) is 0.433. The van der Waals surface area contributed by atoms with Gasteiger partial charge in [0.1, 0.15) is 0 Å². The zero-order chi connectivity index (χ0) is 13.2. The summed E-state index contributed by atoms with van der Waals surface area (Å²) in [5.74, 6) is 0.322. The molecule has 0 aliphatic heterocycles. The minimum Gasteiger partial charge on any atom is -0.294 e. The van der Waals surface area contributed by atoms with Crippen molar-refractivity contribution in [1.82, 2.24) is 0 Å². The predicted molar refractivity (Wildman–Crippen MR) is 78.1 cm³/mol. The Kier molecular flexibility index (Phi) is 7.40. The Morgan fingerprint density at radius 1 is 0.944 bits per heavy atom. The molecule has 18 heavy (non-hydrogen) atoms. The van der Waals surface area contributed by atoms with Gasteiger partial charge in [-0.05, 0) is 18.4 Å². The molecule has 1 heteroatoms. The van der Waals surface area contributed by atoms with Crippen LogP contribution in [0, 0.1) is 0 Å². The van der Waals surface area contributed by atoms with E-state index in [0.717, 1.165) is 18.4 Å². The molecule has 0 heterocycles. The van der Waals surface area contributed by atoms with Crippen LogP contribution in [0.2, 0.25) is 0 Å². The van der Waals surface area contributed by atoms with Crippen molar-refractivity contribution >= 4 is 5.78 Å². The maximum absolute atomic E-state index is 12.1. The molecule has 100 valence electrons. The fraction of sp³-hybridized carbons (Fsp3) is 0.588. The second kappa shape index (κ2) is 8.91. The summed E-state index contributed by atoms with van der Waals surface area (Å²) in [6.45, 7) is 4.34. The molecular formula is C17H26O. The lowest BCUT2D eigenvalue weighted by Gasteiger charge is -2.06. The lowest BCUT2D eigenvalue weighted by Crippen LogP contribution is -2.03. The molecule has 0 N–H and O–H groups in total. The fourth-order valence-corrected chi connectivity index (χ4v) is 2.30. The first-order valence-corrected chi connectivity index (χ1v) is 7.40. The topological polar surface area (TPSA) is 17.1 Å². The second-order valence-electron chi connectivity index (χ2n) is 4.95. The number of carbonyl (C=O) groups is 1. The van der Waals surface area contributed by atoms with Gasteiger partial charge in [-0.3, -0.25) is 4.79 Å². The van der Waals surface area contributed by atoms with Gasteiger partial charge in [0.05, 0.1) is 0 Å². The Hall–Kier alpha value is -1.11. The van der Waals surface area contributed by atoms with Crippen LogP contribution < -0.4 is 0 Å². The number of rotatable bonds is 9. The molecule has 0 unspecified atom stereocenters. The number of hydrogen-bond donors (Lipinski definition) is 0. The summed E-state index contributed by atoms with van der Waals surface area (Å²) in [6, 6.07) is 8.01. The number of Topliss-reactive ketones (excluding diaryl/α,β-unsaturated/α-hetero) is 1. The fourth-order valence-electron chi connectivity index (χ4n) is 2.30. The normalized spacial score (nSPS) is 10.6. The summed E-state index contributed by atoms with van der Waals surface area (Å²) in [5.41, 5.74) is 2.13. The van der Waals surface area contributed by atoms with Crippen molar-refractivity contribution in [1.29, 1.82) is 0 Å². The third-order valence-corrected chi connectivity index (χ3v) is 3.46. The monoisotopic (exact) mass is 246 g/mol. The highest BCUT2D eigenvalue weighted by molar-refractivity contribution is 5.97. The van der Waals surface area contributed by atoms with Gasteiger partial charge in [0, 0.05) is 12.0 Å². The molecule has 0 saturated carbocycles. The van der Waals surface area contributed by atoms with Gasteiger partial charge in [0.15, 0.2) is 5.78 Å². The van der Waals surface area contributed by atoms with E-state index >= 15 is 0 Å². The van der Waals surface area contributed by atoms with Crippen molar-refractivity contribution in [2.24, 2.45) is 0 Å². The SMILES string of the molecule is CCCCCCCCC(=O)c1ccccc1CC. The van der Waals surface area contributed by atoms with E-state index in [4.69, 9.17) is 0 Å². The zero-order valence-electron chi connectivity index (χ0n) is 11.9. The molecule has 0 aliphatic carbocycles. The molecule has 1 aromatic carbocycles. The van der Waals surface area contributed by atoms with Crippen LogP contribution in [0.1, 0.15) is 74.7 Å². The minimum atomic E-state index is 0.322. The summed E-state index contributed by atoms with van der Waals surface area (Å²) >= 11 is 0. The van der Waals surface area contributed by atoms with Crippen molar-refractivity contribution in [3.05, 3.63) is 35.4 Å². The van der Waals surface area contributed by atoms with Gasteiger partial charge < -0.3 is 0 Å². The van der Waals surface area contributed by atoms with Crippen LogP contribution in [0.15, 0.2) is 24.3 Å².